The Morgan fingerprint density at radius 3 is 2.68 bits per heavy atom. The molecule has 230 valence electrons. The van der Waals surface area contributed by atoms with Gasteiger partial charge in [-0.3, -0.25) is 28.2 Å². The van der Waals surface area contributed by atoms with Crippen molar-refractivity contribution in [3.05, 3.63) is 16.7 Å². The van der Waals surface area contributed by atoms with Gasteiger partial charge >= 0.3 is 7.75 Å². The molecule has 2 aliphatic heterocycles. The van der Waals surface area contributed by atoms with E-state index in [2.05, 4.69) is 19.9 Å². The molecule has 5 atom stereocenters. The monoisotopic (exact) mass is 619 g/mol. The van der Waals surface area contributed by atoms with Crippen LogP contribution in [0.25, 0.3) is 11.2 Å². The van der Waals surface area contributed by atoms with Crippen LogP contribution in [0.3, 0.4) is 0 Å². The molecule has 0 radical (unpaired) electrons. The second kappa shape index (κ2) is 12.4. The van der Waals surface area contributed by atoms with Crippen molar-refractivity contribution in [2.75, 3.05) is 64.5 Å². The fourth-order valence-electron chi connectivity index (χ4n) is 4.45. The van der Waals surface area contributed by atoms with Gasteiger partial charge in [-0.25, -0.2) is 14.2 Å². The summed E-state index contributed by atoms with van der Waals surface area (Å²) in [7, 11) is -1.97. The summed E-state index contributed by atoms with van der Waals surface area (Å²) in [5, 5.41) is 31.3. The summed E-state index contributed by atoms with van der Waals surface area (Å²) in [6, 6.07) is 0. The first kappa shape index (κ1) is 32.0. The van der Waals surface area contributed by atoms with Gasteiger partial charge in [0.05, 0.1) is 31.6 Å². The van der Waals surface area contributed by atoms with E-state index in [4.69, 9.17) is 19.5 Å². The number of nitrogens with zero attached hydrogens (tertiary/aromatic N) is 5. The Morgan fingerprint density at radius 2 is 2.02 bits per heavy atom. The minimum Gasteiger partial charge on any atom is -0.395 e. The van der Waals surface area contributed by atoms with Gasteiger partial charge in [0.15, 0.2) is 22.5 Å². The van der Waals surface area contributed by atoms with E-state index in [0.717, 1.165) is 11.8 Å². The minimum atomic E-state index is -3.92. The van der Waals surface area contributed by atoms with Gasteiger partial charge in [-0.2, -0.15) is 4.98 Å². The molecule has 5 unspecified atom stereocenters. The van der Waals surface area contributed by atoms with Crippen molar-refractivity contribution in [1.82, 2.24) is 29.1 Å². The summed E-state index contributed by atoms with van der Waals surface area (Å²) >= 11 is 0.968. The molecule has 41 heavy (non-hydrogen) atoms. The van der Waals surface area contributed by atoms with Crippen LogP contribution in [-0.4, -0.2) is 126 Å². The standard InChI is InChI=1S/C23H38N7O9PS/c1-22(2,12-31)20(34)41-10-9-37-40(36,29-7-5-28(4)6-8-29)38-11-14-16(32)23(3,35)19(39-14)30-13-25-15-17(30)26-21(24)27-18(15)33/h13-14,16,19,31-32,35H,5-12H2,1-4H3,(H3,24,26,27,33). The van der Waals surface area contributed by atoms with Crippen LogP contribution in [0.2, 0.25) is 0 Å². The Kier molecular flexibility index (Phi) is 9.65. The van der Waals surface area contributed by atoms with Gasteiger partial charge in [0.25, 0.3) is 5.56 Å². The van der Waals surface area contributed by atoms with Crippen LogP contribution in [0.1, 0.15) is 27.0 Å². The fraction of sp³-hybridized carbons (Fsp3) is 0.739. The number of nitrogen functional groups attached to an aromatic ring is 1. The van der Waals surface area contributed by atoms with E-state index in [1.54, 1.807) is 18.5 Å². The number of fused-ring (bicyclic) bond motifs is 1. The number of thioether (sulfide) groups is 1. The number of anilines is 1. The highest BCUT2D eigenvalue weighted by Crippen LogP contribution is 2.53. The predicted molar refractivity (Wildman–Crippen MR) is 150 cm³/mol. The van der Waals surface area contributed by atoms with Crippen LogP contribution in [0, 0.1) is 5.41 Å². The number of piperazine rings is 1. The number of aromatic nitrogens is 4. The maximum Gasteiger partial charge on any atom is 0.408 e. The lowest BCUT2D eigenvalue weighted by Crippen LogP contribution is -2.45. The normalized spacial score (nSPS) is 27.8. The Labute approximate surface area is 240 Å². The van der Waals surface area contributed by atoms with E-state index in [1.165, 1.54) is 17.8 Å². The molecule has 0 spiro atoms. The smallest absolute Gasteiger partial charge is 0.395 e. The van der Waals surface area contributed by atoms with Gasteiger partial charge in [-0.05, 0) is 27.8 Å². The largest absolute Gasteiger partial charge is 0.408 e. The number of hydrogen-bond donors (Lipinski definition) is 5. The number of aliphatic hydroxyl groups excluding tert-OH is 2. The number of rotatable bonds is 11. The number of hydrogen-bond acceptors (Lipinski definition) is 14. The number of likely N-dealkylation sites (N-methyl/N-ethyl adjacent to an activating group) is 1. The van der Waals surface area contributed by atoms with E-state index in [0.29, 0.717) is 26.2 Å². The predicted octanol–water partition coefficient (Wildman–Crippen LogP) is -0.622. The molecule has 0 amide bonds. The number of carbonyl (C=O) groups is 1. The van der Waals surface area contributed by atoms with Crippen molar-refractivity contribution in [3.8, 4) is 0 Å². The van der Waals surface area contributed by atoms with Crippen molar-refractivity contribution >= 4 is 41.7 Å². The number of nitrogens with two attached hydrogens (primary N) is 1. The van der Waals surface area contributed by atoms with Gasteiger partial charge in [0.2, 0.25) is 5.95 Å². The Bertz CT molecular complexity index is 1340. The Morgan fingerprint density at radius 1 is 1.34 bits per heavy atom. The topological polar surface area (TPSA) is 219 Å². The van der Waals surface area contributed by atoms with Crippen LogP contribution in [0.5, 0.6) is 0 Å². The number of aromatic amines is 1. The summed E-state index contributed by atoms with van der Waals surface area (Å²) in [4.78, 5) is 37.1. The molecule has 0 aliphatic carbocycles. The highest BCUT2D eigenvalue weighted by Gasteiger charge is 2.54. The SMILES string of the molecule is CN1CCN(P(=O)(OCCSC(=O)C(C)(C)CO)OCC2OC(n3cnc4c(=O)[nH]c(N)nc43)C(C)(O)C2O)CC1. The molecule has 0 saturated carbocycles. The zero-order valence-electron chi connectivity index (χ0n) is 23.4. The molecule has 4 heterocycles. The third kappa shape index (κ3) is 6.69. The number of imidazole rings is 1. The molecule has 16 nitrogen and oxygen atoms in total. The van der Waals surface area contributed by atoms with Crippen molar-refractivity contribution in [1.29, 1.82) is 0 Å². The number of H-pyrrole nitrogens is 1. The summed E-state index contributed by atoms with van der Waals surface area (Å²) in [6.45, 7) is 5.88. The molecule has 2 aliphatic rings. The second-order valence-corrected chi connectivity index (χ2v) is 14.1. The van der Waals surface area contributed by atoms with E-state index >= 15 is 0 Å². The maximum atomic E-state index is 14.0. The van der Waals surface area contributed by atoms with Crippen LogP contribution in [0.4, 0.5) is 5.95 Å². The van der Waals surface area contributed by atoms with Crippen molar-refractivity contribution in [2.24, 2.45) is 5.41 Å². The molecule has 2 aromatic rings. The summed E-state index contributed by atoms with van der Waals surface area (Å²) in [6.07, 6.45) is -2.61. The molecule has 18 heteroatoms. The lowest BCUT2D eigenvalue weighted by molar-refractivity contribution is -0.119. The zero-order valence-corrected chi connectivity index (χ0v) is 25.1. The molecule has 4 rings (SSSR count). The summed E-state index contributed by atoms with van der Waals surface area (Å²) in [5.74, 6) is 0.0263. The average molecular weight is 620 g/mol. The van der Waals surface area contributed by atoms with Crippen LogP contribution >= 0.6 is 19.5 Å². The number of nitrogens with one attached hydrogen (secondary N) is 1. The third-order valence-corrected chi connectivity index (χ3v) is 10.5. The maximum absolute atomic E-state index is 14.0. The molecule has 2 saturated heterocycles. The highest BCUT2D eigenvalue weighted by molar-refractivity contribution is 8.13. The van der Waals surface area contributed by atoms with Gasteiger partial charge < -0.3 is 30.7 Å². The first-order valence-corrected chi connectivity index (χ1v) is 15.6. The summed E-state index contributed by atoms with van der Waals surface area (Å²) < 4.78 is 34.4. The number of carbonyl (C=O) groups excluding carboxylic acids is 1. The first-order valence-electron chi connectivity index (χ1n) is 13.1. The molecular weight excluding hydrogens is 581 g/mol. The fourth-order valence-corrected chi connectivity index (χ4v) is 7.11. The van der Waals surface area contributed by atoms with Crippen molar-refractivity contribution in [2.45, 2.75) is 44.8 Å². The summed E-state index contributed by atoms with van der Waals surface area (Å²) in [5.41, 5.74) is 2.33. The molecular formula is C23H38N7O9PS. The molecule has 2 aromatic heterocycles. The van der Waals surface area contributed by atoms with Crippen LogP contribution in [-0.2, 0) is 23.1 Å². The Hall–Kier alpha value is -1.92. The number of ether oxygens (including phenoxy) is 1. The van der Waals surface area contributed by atoms with Gasteiger partial charge in [0.1, 0.15) is 17.8 Å². The van der Waals surface area contributed by atoms with E-state index in [1.807, 2.05) is 7.05 Å². The lowest BCUT2D eigenvalue weighted by Gasteiger charge is -2.36. The van der Waals surface area contributed by atoms with Crippen molar-refractivity contribution < 1.29 is 38.5 Å². The quantitative estimate of drug-likeness (QED) is 0.156. The highest BCUT2D eigenvalue weighted by atomic mass is 32.2. The van der Waals surface area contributed by atoms with E-state index < -0.39 is 49.4 Å². The molecule has 6 N–H and O–H groups in total. The first-order chi connectivity index (χ1) is 19.2. The third-order valence-electron chi connectivity index (χ3n) is 7.20. The molecule has 0 bridgehead atoms. The van der Waals surface area contributed by atoms with E-state index in [9.17, 15) is 29.5 Å². The Balaban J connectivity index is 1.47. The van der Waals surface area contributed by atoms with Gasteiger partial charge in [0, 0.05) is 31.9 Å². The second-order valence-electron chi connectivity index (χ2n) is 11.0. The van der Waals surface area contributed by atoms with Gasteiger partial charge in [-0.1, -0.05) is 11.8 Å². The zero-order chi connectivity index (χ0) is 30.2. The lowest BCUT2D eigenvalue weighted by atomic mass is 9.96. The van der Waals surface area contributed by atoms with Crippen LogP contribution in [0.15, 0.2) is 11.1 Å². The molecule has 2 fully saturated rings. The van der Waals surface area contributed by atoms with Crippen molar-refractivity contribution in [3.63, 3.8) is 0 Å². The number of aliphatic hydroxyl groups is 3. The molecule has 0 aromatic carbocycles. The van der Waals surface area contributed by atoms with Gasteiger partial charge in [-0.15, -0.1) is 0 Å². The average Bonchev–Trinajstić information content (AvgIpc) is 3.43. The van der Waals surface area contributed by atoms with Crippen LogP contribution < -0.4 is 11.3 Å². The van der Waals surface area contributed by atoms with E-state index in [-0.39, 0.29) is 41.2 Å². The minimum absolute atomic E-state index is 0.0283.